The Morgan fingerprint density at radius 1 is 1.00 bits per heavy atom. The lowest BCUT2D eigenvalue weighted by Gasteiger charge is -2.31. The van der Waals surface area contributed by atoms with Crippen molar-refractivity contribution in [1.29, 1.82) is 0 Å². The highest BCUT2D eigenvalue weighted by molar-refractivity contribution is 5.88. The lowest BCUT2D eigenvalue weighted by atomic mass is 9.90. The lowest BCUT2D eigenvalue weighted by Crippen LogP contribution is -2.37. The van der Waals surface area contributed by atoms with Crippen LogP contribution in [-0.2, 0) is 19.3 Å². The molecule has 3 nitrogen and oxygen atoms in total. The van der Waals surface area contributed by atoms with Gasteiger partial charge in [0.05, 0.1) is 0 Å². The summed E-state index contributed by atoms with van der Waals surface area (Å²) in [5.74, 6) is 1.19. The second-order valence-electron chi connectivity index (χ2n) is 9.37. The van der Waals surface area contributed by atoms with Gasteiger partial charge in [-0.25, -0.2) is 0 Å². The summed E-state index contributed by atoms with van der Waals surface area (Å²) in [5.41, 5.74) is 7.64. The molecular weight excluding hydrogens is 404 g/mol. The van der Waals surface area contributed by atoms with Crippen molar-refractivity contribution in [3.63, 3.8) is 0 Å². The number of likely N-dealkylation sites (N-methyl/N-ethyl adjacent to an activating group) is 1. The molecule has 0 spiro atoms. The maximum atomic E-state index is 6.31. The summed E-state index contributed by atoms with van der Waals surface area (Å²) in [6.45, 7) is 1.98. The third-order valence-electron chi connectivity index (χ3n) is 7.35. The first-order valence-electron chi connectivity index (χ1n) is 12.1. The van der Waals surface area contributed by atoms with Crippen LogP contribution in [0.25, 0.3) is 17.0 Å². The van der Waals surface area contributed by atoms with E-state index in [-0.39, 0.29) is 0 Å². The smallest absolute Gasteiger partial charge is 0.134 e. The Hall–Kier alpha value is -3.30. The molecule has 0 saturated heterocycles. The molecule has 2 heterocycles. The number of aryl methyl sites for hydroxylation is 1. The third-order valence-corrected chi connectivity index (χ3v) is 7.35. The van der Waals surface area contributed by atoms with E-state index in [1.165, 1.54) is 39.2 Å². The minimum absolute atomic E-state index is 0.560. The van der Waals surface area contributed by atoms with E-state index in [0.29, 0.717) is 6.04 Å². The predicted octanol–water partition coefficient (Wildman–Crippen LogP) is 6.63. The van der Waals surface area contributed by atoms with Crippen LogP contribution < -0.4 is 4.90 Å². The molecule has 1 aliphatic heterocycles. The van der Waals surface area contributed by atoms with Crippen molar-refractivity contribution in [3.05, 3.63) is 101 Å². The Morgan fingerprint density at radius 3 is 2.76 bits per heavy atom. The van der Waals surface area contributed by atoms with E-state index in [4.69, 9.17) is 4.42 Å². The molecular formula is C30H30N2O. The second-order valence-corrected chi connectivity index (χ2v) is 9.37. The molecule has 166 valence electrons. The summed E-state index contributed by atoms with van der Waals surface area (Å²) >= 11 is 0. The summed E-state index contributed by atoms with van der Waals surface area (Å²) in [4.78, 5) is 4.95. The van der Waals surface area contributed by atoms with Crippen molar-refractivity contribution in [3.8, 4) is 0 Å². The van der Waals surface area contributed by atoms with Crippen LogP contribution in [0.15, 0.2) is 83.3 Å². The van der Waals surface area contributed by atoms with Crippen LogP contribution in [0.5, 0.6) is 0 Å². The maximum absolute atomic E-state index is 6.31. The first-order chi connectivity index (χ1) is 16.3. The van der Waals surface area contributed by atoms with Gasteiger partial charge in [0, 0.05) is 47.9 Å². The Morgan fingerprint density at radius 2 is 1.85 bits per heavy atom. The van der Waals surface area contributed by atoms with E-state index in [2.05, 4.69) is 102 Å². The number of para-hydroxylation sites is 1. The highest BCUT2D eigenvalue weighted by atomic mass is 16.3. The lowest BCUT2D eigenvalue weighted by molar-refractivity contribution is 0.219. The van der Waals surface area contributed by atoms with Crippen molar-refractivity contribution in [2.75, 3.05) is 25.0 Å². The molecule has 1 atom stereocenters. The molecule has 33 heavy (non-hydrogen) atoms. The highest BCUT2D eigenvalue weighted by Gasteiger charge is 2.27. The Balaban J connectivity index is 1.25. The molecule has 1 aliphatic carbocycles. The van der Waals surface area contributed by atoms with Gasteiger partial charge in [-0.2, -0.15) is 0 Å². The summed E-state index contributed by atoms with van der Waals surface area (Å²) in [7, 11) is 2.28. The molecule has 0 N–H and O–H groups in total. The molecule has 0 bridgehead atoms. The number of nitrogens with zero attached hydrogens (tertiary/aromatic N) is 2. The topological polar surface area (TPSA) is 19.6 Å². The first-order valence-corrected chi connectivity index (χ1v) is 12.1. The molecule has 4 aromatic rings. The van der Waals surface area contributed by atoms with Crippen LogP contribution in [0.1, 0.15) is 28.9 Å². The highest BCUT2D eigenvalue weighted by Crippen LogP contribution is 2.38. The first kappa shape index (κ1) is 20.3. The number of rotatable bonds is 5. The van der Waals surface area contributed by atoms with Crippen LogP contribution >= 0.6 is 0 Å². The van der Waals surface area contributed by atoms with Gasteiger partial charge in [0.15, 0.2) is 0 Å². The van der Waals surface area contributed by atoms with Crippen molar-refractivity contribution >= 4 is 28.4 Å². The zero-order valence-corrected chi connectivity index (χ0v) is 19.2. The Kier molecular flexibility index (Phi) is 5.27. The fourth-order valence-corrected chi connectivity index (χ4v) is 5.43. The molecule has 1 aromatic heterocycles. The molecule has 0 saturated carbocycles. The van der Waals surface area contributed by atoms with E-state index in [9.17, 15) is 0 Å². The Bertz CT molecular complexity index is 1300. The average Bonchev–Trinajstić information content (AvgIpc) is 3.24. The number of hydrogen-bond acceptors (Lipinski definition) is 3. The number of fused-ring (bicyclic) bond motifs is 4. The van der Waals surface area contributed by atoms with Crippen LogP contribution in [0.3, 0.4) is 0 Å². The van der Waals surface area contributed by atoms with Gasteiger partial charge in [-0.3, -0.25) is 0 Å². The monoisotopic (exact) mass is 434 g/mol. The van der Waals surface area contributed by atoms with E-state index in [1.54, 1.807) is 0 Å². The average molecular weight is 435 g/mol. The zero-order valence-electron chi connectivity index (χ0n) is 19.2. The fourth-order valence-electron chi connectivity index (χ4n) is 5.43. The van der Waals surface area contributed by atoms with Gasteiger partial charge in [0.1, 0.15) is 11.3 Å². The van der Waals surface area contributed by atoms with Crippen molar-refractivity contribution in [2.45, 2.75) is 31.7 Å². The van der Waals surface area contributed by atoms with E-state index < -0.39 is 0 Å². The van der Waals surface area contributed by atoms with Gasteiger partial charge < -0.3 is 14.2 Å². The summed E-state index contributed by atoms with van der Waals surface area (Å²) in [6, 6.07) is 26.7. The van der Waals surface area contributed by atoms with Gasteiger partial charge in [-0.15, -0.1) is 0 Å². The number of furan rings is 1. The van der Waals surface area contributed by atoms with Crippen molar-refractivity contribution < 1.29 is 4.42 Å². The minimum atomic E-state index is 0.560. The summed E-state index contributed by atoms with van der Waals surface area (Å²) in [6.07, 6.45) is 8.81. The standard InChI is InChI=1S/C30H30N2O/c1-31(19-17-22-8-3-2-4-9-22)24-13-15-29-26(20-24)27-21-25(14-16-30(27)33-29)32-18-7-11-23-10-5-6-12-28(23)32/h2-12,14,16,21,24H,13,15,17-20H2,1H3. The molecule has 1 unspecified atom stereocenters. The molecule has 0 amide bonds. The number of anilines is 2. The predicted molar refractivity (Wildman–Crippen MR) is 137 cm³/mol. The van der Waals surface area contributed by atoms with E-state index in [1.807, 2.05) is 0 Å². The molecule has 3 aromatic carbocycles. The van der Waals surface area contributed by atoms with Crippen LogP contribution in [0, 0.1) is 0 Å². The summed E-state index contributed by atoms with van der Waals surface area (Å²) < 4.78 is 6.31. The van der Waals surface area contributed by atoms with E-state index >= 15 is 0 Å². The maximum Gasteiger partial charge on any atom is 0.134 e. The summed E-state index contributed by atoms with van der Waals surface area (Å²) in [5, 5.41) is 1.29. The van der Waals surface area contributed by atoms with Gasteiger partial charge >= 0.3 is 0 Å². The van der Waals surface area contributed by atoms with Gasteiger partial charge in [0.2, 0.25) is 0 Å². The number of hydrogen-bond donors (Lipinski definition) is 0. The fraction of sp³-hybridized carbons (Fsp3) is 0.267. The molecule has 2 aliphatic rings. The van der Waals surface area contributed by atoms with Crippen molar-refractivity contribution in [2.24, 2.45) is 0 Å². The van der Waals surface area contributed by atoms with Crippen LogP contribution in [0.4, 0.5) is 11.4 Å². The van der Waals surface area contributed by atoms with Gasteiger partial charge in [-0.05, 0) is 61.7 Å². The molecule has 0 radical (unpaired) electrons. The van der Waals surface area contributed by atoms with E-state index in [0.717, 1.165) is 44.4 Å². The quantitative estimate of drug-likeness (QED) is 0.351. The van der Waals surface area contributed by atoms with Crippen LogP contribution in [0.2, 0.25) is 0 Å². The number of benzene rings is 3. The zero-order chi connectivity index (χ0) is 22.2. The molecule has 6 rings (SSSR count). The van der Waals surface area contributed by atoms with Crippen LogP contribution in [-0.4, -0.2) is 31.1 Å². The normalized spacial score (nSPS) is 17.4. The molecule has 3 heteroatoms. The molecule has 0 fully saturated rings. The van der Waals surface area contributed by atoms with Gasteiger partial charge in [0.25, 0.3) is 0 Å². The SMILES string of the molecule is CN(CCc1ccccc1)C1CCc2oc3ccc(N4CC=Cc5ccccc54)cc3c2C1. The third kappa shape index (κ3) is 3.87. The minimum Gasteiger partial charge on any atom is -0.461 e. The Labute approximate surface area is 195 Å². The van der Waals surface area contributed by atoms with Crippen molar-refractivity contribution in [1.82, 2.24) is 4.90 Å². The second kappa shape index (κ2) is 8.57. The largest absolute Gasteiger partial charge is 0.461 e. The van der Waals surface area contributed by atoms with Gasteiger partial charge in [-0.1, -0.05) is 60.7 Å².